The molecule has 2 rings (SSSR count). The van der Waals surface area contributed by atoms with Crippen molar-refractivity contribution >= 4 is 0 Å². The van der Waals surface area contributed by atoms with Crippen molar-refractivity contribution in [2.24, 2.45) is 40.9 Å². The number of hydrogen-bond acceptors (Lipinski definition) is 0. The van der Waals surface area contributed by atoms with Gasteiger partial charge >= 0.3 is 0 Å². The van der Waals surface area contributed by atoms with Crippen LogP contribution in [-0.4, -0.2) is 0 Å². The summed E-state index contributed by atoms with van der Waals surface area (Å²) in [6.07, 6.45) is 19.0. The summed E-state index contributed by atoms with van der Waals surface area (Å²) in [5.41, 5.74) is 0.528. The predicted octanol–water partition coefficient (Wildman–Crippen LogP) is 9.67. The van der Waals surface area contributed by atoms with Gasteiger partial charge in [-0.05, 0) is 80.0 Å². The Balaban J connectivity index is 0. The summed E-state index contributed by atoms with van der Waals surface area (Å²) in [5, 5.41) is 0. The van der Waals surface area contributed by atoms with Crippen LogP contribution in [-0.2, 0) is 0 Å². The highest BCUT2D eigenvalue weighted by Crippen LogP contribution is 2.40. The number of hydrogen-bond donors (Lipinski definition) is 0. The third kappa shape index (κ3) is 14.5. The van der Waals surface area contributed by atoms with Crippen LogP contribution < -0.4 is 0 Å². The maximum atomic E-state index is 4.72. The molecule has 2 aliphatic carbocycles. The lowest BCUT2D eigenvalue weighted by Crippen LogP contribution is -2.27. The van der Waals surface area contributed by atoms with Gasteiger partial charge in [0.05, 0.1) is 0 Å². The molecule has 0 nitrogen and oxygen atoms in total. The van der Waals surface area contributed by atoms with Crippen LogP contribution >= 0.6 is 0 Å². The largest absolute Gasteiger partial charge is 0.120 e. The SMILES string of the molecule is C#CC[CH2].CC[CH]C1CC(C)CCC1C(C)C.[CH2]C.[CH2]C1CCC(C(C)(C)C)CC1. The molecular formula is C30H56. The molecule has 0 aromatic rings. The second-order valence-electron chi connectivity index (χ2n) is 10.7. The van der Waals surface area contributed by atoms with Crippen LogP contribution in [0.5, 0.6) is 0 Å². The minimum absolute atomic E-state index is 0.528. The second-order valence-corrected chi connectivity index (χ2v) is 10.7. The van der Waals surface area contributed by atoms with Crippen LogP contribution in [0.3, 0.4) is 0 Å². The van der Waals surface area contributed by atoms with Gasteiger partial charge in [0.2, 0.25) is 0 Å². The van der Waals surface area contributed by atoms with E-state index in [1.807, 2.05) is 0 Å². The van der Waals surface area contributed by atoms with Crippen molar-refractivity contribution in [2.75, 3.05) is 0 Å². The van der Waals surface area contributed by atoms with Gasteiger partial charge in [-0.15, -0.1) is 12.3 Å². The zero-order chi connectivity index (χ0) is 23.7. The fourth-order valence-corrected chi connectivity index (χ4v) is 4.88. The normalized spacial score (nSPS) is 28.6. The van der Waals surface area contributed by atoms with Gasteiger partial charge in [-0.25, -0.2) is 0 Å². The van der Waals surface area contributed by atoms with Crippen LogP contribution in [0.2, 0.25) is 0 Å². The van der Waals surface area contributed by atoms with Crippen LogP contribution in [0.15, 0.2) is 0 Å². The lowest BCUT2D eigenvalue weighted by atomic mass is 9.69. The maximum Gasteiger partial charge on any atom is 0.00863 e. The Labute approximate surface area is 193 Å². The fraction of sp³-hybridized carbons (Fsp3) is 0.800. The maximum absolute atomic E-state index is 4.72. The van der Waals surface area contributed by atoms with E-state index in [9.17, 15) is 0 Å². The van der Waals surface area contributed by atoms with Gasteiger partial charge in [0.15, 0.2) is 0 Å². The van der Waals surface area contributed by atoms with Gasteiger partial charge in [0, 0.05) is 6.42 Å². The summed E-state index contributed by atoms with van der Waals surface area (Å²) in [4.78, 5) is 0. The first-order valence-electron chi connectivity index (χ1n) is 12.7. The lowest BCUT2D eigenvalue weighted by Gasteiger charge is -2.37. The minimum atomic E-state index is 0.528. The third-order valence-electron chi connectivity index (χ3n) is 6.83. The molecule has 4 radical (unpaired) electrons. The van der Waals surface area contributed by atoms with Crippen LogP contribution in [0.4, 0.5) is 0 Å². The molecule has 0 aromatic carbocycles. The van der Waals surface area contributed by atoms with Crippen LogP contribution in [0.1, 0.15) is 113 Å². The van der Waals surface area contributed by atoms with E-state index >= 15 is 0 Å². The van der Waals surface area contributed by atoms with E-state index < -0.39 is 0 Å². The lowest BCUT2D eigenvalue weighted by molar-refractivity contribution is 0.162. The monoisotopic (exact) mass is 416 g/mol. The molecule has 3 atom stereocenters. The summed E-state index contributed by atoms with van der Waals surface area (Å²) in [7, 11) is 0. The Morgan fingerprint density at radius 1 is 1.03 bits per heavy atom. The van der Waals surface area contributed by atoms with Crippen molar-refractivity contribution in [1.82, 2.24) is 0 Å². The first kappa shape index (κ1) is 31.7. The second kappa shape index (κ2) is 18.2. The Bertz CT molecular complexity index is 397. The average molecular weight is 417 g/mol. The van der Waals surface area contributed by atoms with Crippen molar-refractivity contribution < 1.29 is 0 Å². The molecule has 30 heavy (non-hydrogen) atoms. The van der Waals surface area contributed by atoms with Gasteiger partial charge in [0.1, 0.15) is 0 Å². The fourth-order valence-electron chi connectivity index (χ4n) is 4.88. The molecular weight excluding hydrogens is 360 g/mol. The summed E-state index contributed by atoms with van der Waals surface area (Å²) < 4.78 is 0. The van der Waals surface area contributed by atoms with Gasteiger partial charge < -0.3 is 0 Å². The molecule has 0 aliphatic heterocycles. The highest BCUT2D eigenvalue weighted by atomic mass is 14.4. The first-order chi connectivity index (χ1) is 14.1. The molecule has 0 bridgehead atoms. The topological polar surface area (TPSA) is 0 Å². The van der Waals surface area contributed by atoms with E-state index in [-0.39, 0.29) is 0 Å². The molecule has 0 aromatic heterocycles. The van der Waals surface area contributed by atoms with Crippen LogP contribution in [0.25, 0.3) is 0 Å². The number of terminal acetylenes is 1. The van der Waals surface area contributed by atoms with E-state index in [2.05, 4.69) is 81.6 Å². The highest BCUT2D eigenvalue weighted by molar-refractivity contribution is 4.88. The highest BCUT2D eigenvalue weighted by Gasteiger charge is 2.30. The van der Waals surface area contributed by atoms with E-state index in [1.54, 1.807) is 6.92 Å². The van der Waals surface area contributed by atoms with Crippen molar-refractivity contribution in [1.29, 1.82) is 0 Å². The molecule has 2 aliphatic rings. The van der Waals surface area contributed by atoms with E-state index in [0.29, 0.717) is 11.8 Å². The summed E-state index contributed by atoms with van der Waals surface area (Å²) >= 11 is 0. The smallest absolute Gasteiger partial charge is 0.00863 e. The van der Waals surface area contributed by atoms with Crippen molar-refractivity contribution in [3.63, 3.8) is 0 Å². The van der Waals surface area contributed by atoms with Gasteiger partial charge in [-0.1, -0.05) is 94.9 Å². The molecule has 0 heterocycles. The Hall–Kier alpha value is -0.440. The minimum Gasteiger partial charge on any atom is -0.120 e. The van der Waals surface area contributed by atoms with Gasteiger partial charge in [-0.3, -0.25) is 0 Å². The summed E-state index contributed by atoms with van der Waals surface area (Å²) in [6.45, 7) is 29.0. The van der Waals surface area contributed by atoms with E-state index in [4.69, 9.17) is 6.42 Å². The van der Waals surface area contributed by atoms with Gasteiger partial charge in [0.25, 0.3) is 0 Å². The van der Waals surface area contributed by atoms with Gasteiger partial charge in [-0.2, -0.15) is 0 Å². The molecule has 0 saturated heterocycles. The molecule has 0 spiro atoms. The summed E-state index contributed by atoms with van der Waals surface area (Å²) in [6, 6.07) is 0. The predicted molar refractivity (Wildman–Crippen MR) is 140 cm³/mol. The van der Waals surface area contributed by atoms with Crippen molar-refractivity contribution in [2.45, 2.75) is 113 Å². The van der Waals surface area contributed by atoms with Crippen LogP contribution in [0, 0.1) is 80.5 Å². The molecule has 2 saturated carbocycles. The zero-order valence-electron chi connectivity index (χ0n) is 22.1. The summed E-state index contributed by atoms with van der Waals surface area (Å²) in [5.74, 6) is 7.72. The third-order valence-corrected chi connectivity index (χ3v) is 6.83. The first-order valence-corrected chi connectivity index (χ1v) is 12.7. The molecule has 2 fully saturated rings. The van der Waals surface area contributed by atoms with Crippen molar-refractivity contribution in [3.8, 4) is 12.3 Å². The quantitative estimate of drug-likeness (QED) is 0.401. The van der Waals surface area contributed by atoms with E-state index in [1.165, 1.54) is 51.4 Å². The zero-order valence-corrected chi connectivity index (χ0v) is 22.1. The Morgan fingerprint density at radius 3 is 1.90 bits per heavy atom. The molecule has 0 amide bonds. The molecule has 3 unspecified atom stereocenters. The molecule has 176 valence electrons. The molecule has 0 N–H and O–H groups in total. The van der Waals surface area contributed by atoms with E-state index in [0.717, 1.165) is 35.5 Å². The molecule has 0 heteroatoms. The Kier molecular flexibility index (Phi) is 19.2. The average Bonchev–Trinajstić information content (AvgIpc) is 2.70. The standard InChI is InChI=1S/C13H25.C11H21.C4H5.C2H5/c1-5-6-12-9-11(4)7-8-13(12)10(2)3;1-9-5-7-10(8-6-9)11(2,3)4;1-3-4-2;1-2/h6,10-13H,5,7-9H2,1-4H3;9-10H,1,5-8H2,2-4H3;1H,2,4H2;1H2,2H3. The number of rotatable bonds is 3. The Morgan fingerprint density at radius 2 is 1.53 bits per heavy atom. The van der Waals surface area contributed by atoms with Crippen molar-refractivity contribution in [3.05, 3.63) is 27.2 Å².